The second-order valence-corrected chi connectivity index (χ2v) is 9.60. The Balaban J connectivity index is 2.35. The minimum atomic E-state index is -0.139. The van der Waals surface area contributed by atoms with Crippen molar-refractivity contribution in [3.8, 4) is 5.75 Å². The fourth-order valence-corrected chi connectivity index (χ4v) is 5.39. The highest BCUT2D eigenvalue weighted by molar-refractivity contribution is 5.70. The van der Waals surface area contributed by atoms with Crippen molar-refractivity contribution >= 4 is 5.97 Å². The first-order chi connectivity index (χ1) is 13.7. The van der Waals surface area contributed by atoms with Crippen molar-refractivity contribution in [1.29, 1.82) is 0 Å². The van der Waals surface area contributed by atoms with Crippen molar-refractivity contribution in [3.05, 3.63) is 29.3 Å². The van der Waals surface area contributed by atoms with Crippen LogP contribution in [0.2, 0.25) is 0 Å². The third-order valence-electron chi connectivity index (χ3n) is 7.37. The molecule has 1 aliphatic carbocycles. The summed E-state index contributed by atoms with van der Waals surface area (Å²) in [5.74, 6) is 1.23. The molecule has 1 aromatic carbocycles. The van der Waals surface area contributed by atoms with Crippen molar-refractivity contribution in [1.82, 2.24) is 0 Å². The van der Waals surface area contributed by atoms with E-state index in [4.69, 9.17) is 4.74 Å². The van der Waals surface area contributed by atoms with Crippen molar-refractivity contribution in [2.75, 3.05) is 20.2 Å². The first-order valence-electron chi connectivity index (χ1n) is 11.4. The molecule has 0 radical (unpaired) electrons. The molecule has 0 spiro atoms. The number of esters is 1. The van der Waals surface area contributed by atoms with Gasteiger partial charge in [0.2, 0.25) is 0 Å². The Morgan fingerprint density at radius 1 is 1.14 bits per heavy atom. The van der Waals surface area contributed by atoms with E-state index in [2.05, 4.69) is 40.7 Å². The van der Waals surface area contributed by atoms with E-state index in [1.807, 2.05) is 12.1 Å². The van der Waals surface area contributed by atoms with Gasteiger partial charge in [0.15, 0.2) is 6.54 Å². The van der Waals surface area contributed by atoms with Gasteiger partial charge in [-0.05, 0) is 70.9 Å². The monoisotopic (exact) mass is 404 g/mol. The number of aryl methyl sites for hydroxylation is 1. The van der Waals surface area contributed by atoms with Crippen molar-refractivity contribution in [3.63, 3.8) is 0 Å². The molecule has 1 atom stereocenters. The van der Waals surface area contributed by atoms with E-state index in [1.165, 1.54) is 44.8 Å². The highest BCUT2D eigenvalue weighted by Crippen LogP contribution is 2.42. The van der Waals surface area contributed by atoms with Crippen molar-refractivity contribution in [2.24, 2.45) is 5.92 Å². The van der Waals surface area contributed by atoms with E-state index in [1.54, 1.807) is 0 Å². The Bertz CT molecular complexity index is 654. The zero-order valence-electron chi connectivity index (χ0n) is 19.4. The van der Waals surface area contributed by atoms with E-state index in [-0.39, 0.29) is 5.97 Å². The van der Waals surface area contributed by atoms with Crippen LogP contribution in [0.5, 0.6) is 5.75 Å². The Hall–Kier alpha value is -1.55. The van der Waals surface area contributed by atoms with Gasteiger partial charge in [-0.25, -0.2) is 4.79 Å². The summed E-state index contributed by atoms with van der Waals surface area (Å²) in [5.41, 5.74) is 2.29. The number of hydrogen-bond donors (Lipinski definition) is 1. The topological polar surface area (TPSA) is 46.5 Å². The molecule has 0 saturated heterocycles. The predicted octanol–water partition coefficient (Wildman–Crippen LogP) is 5.56. The van der Waals surface area contributed by atoms with Crippen LogP contribution in [0.25, 0.3) is 0 Å². The van der Waals surface area contributed by atoms with Crippen LogP contribution in [-0.4, -0.2) is 47.8 Å². The van der Waals surface area contributed by atoms with Gasteiger partial charge in [-0.15, -0.1) is 0 Å². The maximum absolute atomic E-state index is 12.3. The zero-order valence-corrected chi connectivity index (χ0v) is 19.4. The number of carbonyl (C=O) groups excluding carboxylic acids is 1. The molecule has 0 aromatic heterocycles. The minimum absolute atomic E-state index is 0.139. The Kier molecular flexibility index (Phi) is 8.57. The molecule has 1 N–H and O–H groups in total. The molecule has 4 heteroatoms. The van der Waals surface area contributed by atoms with Crippen LogP contribution in [0.1, 0.15) is 83.3 Å². The summed E-state index contributed by atoms with van der Waals surface area (Å²) in [7, 11) is 1.48. The van der Waals surface area contributed by atoms with Crippen LogP contribution in [-0.2, 0) is 9.53 Å². The smallest absolute Gasteiger partial charge is 0.361 e. The van der Waals surface area contributed by atoms with Gasteiger partial charge < -0.3 is 14.3 Å². The summed E-state index contributed by atoms with van der Waals surface area (Å²) < 4.78 is 5.78. The molecule has 1 aliphatic rings. The van der Waals surface area contributed by atoms with E-state index in [0.717, 1.165) is 23.0 Å². The standard InChI is InChI=1S/C25H41NO3/c1-18(2)26(19(3)4,17-25(28)29-6)15-14-22(21-10-8-7-9-11-21)23-16-20(5)12-13-24(23)27/h12-13,16,18-19,21-22H,7-11,14-15,17H2,1-6H3/p+1. The molecule has 1 fully saturated rings. The van der Waals surface area contributed by atoms with Crippen LogP contribution in [0.3, 0.4) is 0 Å². The molecule has 2 rings (SSSR count). The molecule has 164 valence electrons. The van der Waals surface area contributed by atoms with E-state index in [0.29, 0.717) is 36.2 Å². The summed E-state index contributed by atoms with van der Waals surface area (Å²) in [6.07, 6.45) is 7.34. The van der Waals surface area contributed by atoms with Gasteiger partial charge in [0.25, 0.3) is 0 Å². The van der Waals surface area contributed by atoms with Crippen molar-refractivity contribution in [2.45, 2.75) is 91.1 Å². The van der Waals surface area contributed by atoms with Crippen LogP contribution >= 0.6 is 0 Å². The summed E-state index contributed by atoms with van der Waals surface area (Å²) >= 11 is 0. The molecule has 29 heavy (non-hydrogen) atoms. The molecule has 0 bridgehead atoms. The number of carbonyl (C=O) groups is 1. The first-order valence-corrected chi connectivity index (χ1v) is 11.4. The Labute approximate surface area is 177 Å². The third kappa shape index (κ3) is 5.75. The summed E-state index contributed by atoms with van der Waals surface area (Å²) in [6.45, 7) is 12.3. The van der Waals surface area contributed by atoms with Gasteiger partial charge in [-0.3, -0.25) is 0 Å². The number of methoxy groups -OCH3 is 1. The molecule has 1 unspecified atom stereocenters. The predicted molar refractivity (Wildman–Crippen MR) is 119 cm³/mol. The number of rotatable bonds is 9. The van der Waals surface area contributed by atoms with Gasteiger partial charge in [0, 0.05) is 6.42 Å². The molecule has 1 aromatic rings. The third-order valence-corrected chi connectivity index (χ3v) is 7.37. The first kappa shape index (κ1) is 23.7. The van der Waals surface area contributed by atoms with Gasteiger partial charge in [0.05, 0.1) is 25.7 Å². The molecule has 4 nitrogen and oxygen atoms in total. The van der Waals surface area contributed by atoms with Crippen LogP contribution < -0.4 is 0 Å². The van der Waals surface area contributed by atoms with Gasteiger partial charge in [-0.2, -0.15) is 0 Å². The number of benzene rings is 1. The average Bonchev–Trinajstić information content (AvgIpc) is 2.69. The number of quaternary nitrogens is 1. The maximum Gasteiger partial charge on any atom is 0.361 e. The number of nitrogens with zero attached hydrogens (tertiary/aromatic N) is 1. The number of ether oxygens (including phenoxy) is 1. The van der Waals surface area contributed by atoms with Crippen LogP contribution in [0.4, 0.5) is 0 Å². The minimum Gasteiger partial charge on any atom is -0.508 e. The quantitative estimate of drug-likeness (QED) is 0.433. The molecule has 0 amide bonds. The highest BCUT2D eigenvalue weighted by atomic mass is 16.5. The van der Waals surface area contributed by atoms with Gasteiger partial charge >= 0.3 is 5.97 Å². The SMILES string of the molecule is COC(=O)C[N+](CCC(c1cc(C)ccc1O)C1CCCCC1)(C(C)C)C(C)C. The molecule has 1 saturated carbocycles. The number of phenols is 1. The van der Waals surface area contributed by atoms with Gasteiger partial charge in [0.1, 0.15) is 5.75 Å². The zero-order chi connectivity index (χ0) is 21.6. The summed E-state index contributed by atoms with van der Waals surface area (Å²) in [5, 5.41) is 10.7. The molecular weight excluding hydrogens is 362 g/mol. The second-order valence-electron chi connectivity index (χ2n) is 9.60. The highest BCUT2D eigenvalue weighted by Gasteiger charge is 2.39. The lowest BCUT2D eigenvalue weighted by atomic mass is 9.74. The Morgan fingerprint density at radius 3 is 2.31 bits per heavy atom. The number of phenolic OH excluding ortho intramolecular Hbond substituents is 1. The van der Waals surface area contributed by atoms with Crippen LogP contribution in [0.15, 0.2) is 18.2 Å². The maximum atomic E-state index is 12.3. The Morgan fingerprint density at radius 2 is 1.76 bits per heavy atom. The number of aromatic hydroxyl groups is 1. The molecular formula is C25H42NO3+. The number of hydrogen-bond acceptors (Lipinski definition) is 3. The fraction of sp³-hybridized carbons (Fsp3) is 0.720. The average molecular weight is 405 g/mol. The lowest BCUT2D eigenvalue weighted by Gasteiger charge is -2.46. The summed E-state index contributed by atoms with van der Waals surface area (Å²) in [4.78, 5) is 12.3. The lowest BCUT2D eigenvalue weighted by molar-refractivity contribution is -0.960. The van der Waals surface area contributed by atoms with E-state index < -0.39 is 0 Å². The van der Waals surface area contributed by atoms with Crippen molar-refractivity contribution < 1.29 is 19.1 Å². The normalized spacial score (nSPS) is 17.0. The molecule has 0 heterocycles. The fourth-order valence-electron chi connectivity index (χ4n) is 5.39. The lowest BCUT2D eigenvalue weighted by Crippen LogP contribution is -2.60. The van der Waals surface area contributed by atoms with E-state index in [9.17, 15) is 9.90 Å². The second kappa shape index (κ2) is 10.5. The largest absolute Gasteiger partial charge is 0.508 e. The van der Waals surface area contributed by atoms with E-state index >= 15 is 0 Å². The molecule has 0 aliphatic heterocycles. The summed E-state index contributed by atoms with van der Waals surface area (Å²) in [6, 6.07) is 6.66. The van der Waals surface area contributed by atoms with Gasteiger partial charge in [-0.1, -0.05) is 37.0 Å². The van der Waals surface area contributed by atoms with Crippen LogP contribution in [0, 0.1) is 12.8 Å².